The maximum atomic E-state index is 6.13. The minimum atomic E-state index is 0.466. The molecule has 0 unspecified atom stereocenters. The van der Waals surface area contributed by atoms with E-state index >= 15 is 0 Å². The molecule has 0 aliphatic carbocycles. The third-order valence-corrected chi connectivity index (χ3v) is 4.46. The van der Waals surface area contributed by atoms with E-state index in [0.29, 0.717) is 23.2 Å². The smallest absolute Gasteiger partial charge is 0.119 e. The van der Waals surface area contributed by atoms with Crippen molar-refractivity contribution in [3.63, 3.8) is 0 Å². The number of nitrogens with zero attached hydrogens (tertiary/aromatic N) is 1. The summed E-state index contributed by atoms with van der Waals surface area (Å²) in [6, 6.07) is 23.3. The Morgan fingerprint density at radius 3 is 2.23 bits per heavy atom. The van der Waals surface area contributed by atoms with Gasteiger partial charge in [0, 0.05) is 15.6 Å². The highest BCUT2D eigenvalue weighted by atomic mass is 35.5. The fourth-order valence-electron chi connectivity index (χ4n) is 2.34. The topological polar surface area (TPSA) is 33.6 Å². The summed E-state index contributed by atoms with van der Waals surface area (Å²) in [6.45, 7) is 1.02. The SMILES string of the molecule is Clc1cccc(Cl)c1CN/N=C/c1ccc(OCc2ccccc2)cc1. The molecule has 0 aliphatic rings. The van der Waals surface area contributed by atoms with Crippen LogP contribution in [-0.4, -0.2) is 6.21 Å². The summed E-state index contributed by atoms with van der Waals surface area (Å²) >= 11 is 12.3. The molecule has 5 heteroatoms. The zero-order valence-electron chi connectivity index (χ0n) is 14.0. The van der Waals surface area contributed by atoms with Gasteiger partial charge in [-0.2, -0.15) is 5.10 Å². The van der Waals surface area contributed by atoms with Gasteiger partial charge in [-0.05, 0) is 47.5 Å². The van der Waals surface area contributed by atoms with Gasteiger partial charge in [-0.25, -0.2) is 0 Å². The Kier molecular flexibility index (Phi) is 6.53. The van der Waals surface area contributed by atoms with E-state index in [9.17, 15) is 0 Å². The molecular formula is C21H18Cl2N2O. The molecule has 3 nitrogen and oxygen atoms in total. The summed E-state index contributed by atoms with van der Waals surface area (Å²) in [4.78, 5) is 0. The highest BCUT2D eigenvalue weighted by Crippen LogP contribution is 2.23. The normalized spacial score (nSPS) is 10.8. The van der Waals surface area contributed by atoms with Crippen LogP contribution in [0.3, 0.4) is 0 Å². The summed E-state index contributed by atoms with van der Waals surface area (Å²) in [5.41, 5.74) is 5.90. The van der Waals surface area contributed by atoms with Crippen molar-refractivity contribution in [1.82, 2.24) is 5.43 Å². The lowest BCUT2D eigenvalue weighted by Gasteiger charge is -2.07. The van der Waals surface area contributed by atoms with Crippen molar-refractivity contribution in [2.45, 2.75) is 13.2 Å². The Morgan fingerprint density at radius 1 is 0.846 bits per heavy atom. The molecule has 3 aromatic rings. The molecule has 0 aliphatic heterocycles. The quantitative estimate of drug-likeness (QED) is 0.418. The molecule has 0 fully saturated rings. The second kappa shape index (κ2) is 9.27. The molecule has 0 atom stereocenters. The van der Waals surface area contributed by atoms with Crippen LogP contribution in [0.1, 0.15) is 16.7 Å². The Bertz CT molecular complexity index is 845. The maximum absolute atomic E-state index is 6.13. The van der Waals surface area contributed by atoms with Crippen LogP contribution in [-0.2, 0) is 13.2 Å². The highest BCUT2D eigenvalue weighted by Gasteiger charge is 2.03. The first-order valence-electron chi connectivity index (χ1n) is 8.18. The third-order valence-electron chi connectivity index (χ3n) is 3.75. The lowest BCUT2D eigenvalue weighted by Crippen LogP contribution is -2.06. The molecule has 26 heavy (non-hydrogen) atoms. The van der Waals surface area contributed by atoms with Gasteiger partial charge in [0.1, 0.15) is 12.4 Å². The van der Waals surface area contributed by atoms with E-state index in [1.165, 1.54) is 0 Å². The van der Waals surface area contributed by atoms with E-state index in [1.807, 2.05) is 72.8 Å². The fraction of sp³-hybridized carbons (Fsp3) is 0.0952. The summed E-state index contributed by atoms with van der Waals surface area (Å²) < 4.78 is 5.77. The van der Waals surface area contributed by atoms with E-state index in [0.717, 1.165) is 22.4 Å². The van der Waals surface area contributed by atoms with Gasteiger partial charge in [-0.15, -0.1) is 0 Å². The third kappa shape index (κ3) is 5.25. The first-order chi connectivity index (χ1) is 12.7. The van der Waals surface area contributed by atoms with Crippen molar-refractivity contribution < 1.29 is 4.74 Å². The van der Waals surface area contributed by atoms with E-state index < -0.39 is 0 Å². The molecule has 3 rings (SSSR count). The molecule has 132 valence electrons. The van der Waals surface area contributed by atoms with Crippen LogP contribution in [0.2, 0.25) is 10.0 Å². The minimum Gasteiger partial charge on any atom is -0.489 e. The van der Waals surface area contributed by atoms with Crippen molar-refractivity contribution in [3.8, 4) is 5.75 Å². The number of rotatable bonds is 7. The van der Waals surface area contributed by atoms with Crippen LogP contribution in [0, 0.1) is 0 Å². The molecule has 0 aromatic heterocycles. The zero-order valence-corrected chi connectivity index (χ0v) is 15.5. The van der Waals surface area contributed by atoms with Gasteiger partial charge in [-0.1, -0.05) is 59.6 Å². The maximum Gasteiger partial charge on any atom is 0.119 e. The summed E-state index contributed by atoms with van der Waals surface area (Å²) in [6.07, 6.45) is 1.74. The van der Waals surface area contributed by atoms with E-state index in [-0.39, 0.29) is 0 Å². The van der Waals surface area contributed by atoms with E-state index in [2.05, 4.69) is 10.5 Å². The molecule has 3 aromatic carbocycles. The molecule has 0 radical (unpaired) electrons. The average molecular weight is 385 g/mol. The molecular weight excluding hydrogens is 367 g/mol. The van der Waals surface area contributed by atoms with Crippen molar-refractivity contribution in [2.75, 3.05) is 0 Å². The van der Waals surface area contributed by atoms with E-state index in [1.54, 1.807) is 6.21 Å². The summed E-state index contributed by atoms with van der Waals surface area (Å²) in [7, 11) is 0. The number of hydrogen-bond acceptors (Lipinski definition) is 3. The first kappa shape index (κ1) is 18.3. The van der Waals surface area contributed by atoms with Crippen LogP contribution >= 0.6 is 23.2 Å². The van der Waals surface area contributed by atoms with Crippen molar-refractivity contribution in [3.05, 3.63) is 99.5 Å². The largest absolute Gasteiger partial charge is 0.489 e. The highest BCUT2D eigenvalue weighted by molar-refractivity contribution is 6.35. The molecule has 0 saturated carbocycles. The van der Waals surface area contributed by atoms with Crippen LogP contribution in [0.4, 0.5) is 0 Å². The van der Waals surface area contributed by atoms with Crippen molar-refractivity contribution in [1.29, 1.82) is 0 Å². The number of nitrogens with one attached hydrogen (secondary N) is 1. The number of halogens is 2. The number of benzene rings is 3. The van der Waals surface area contributed by atoms with Crippen molar-refractivity contribution in [2.24, 2.45) is 5.10 Å². The van der Waals surface area contributed by atoms with Crippen molar-refractivity contribution >= 4 is 29.4 Å². The van der Waals surface area contributed by atoms with Crippen LogP contribution < -0.4 is 10.2 Å². The Morgan fingerprint density at radius 2 is 1.54 bits per heavy atom. The van der Waals surface area contributed by atoms with Gasteiger partial charge < -0.3 is 10.2 Å². The predicted octanol–water partition coefficient (Wildman–Crippen LogP) is 5.70. The lowest BCUT2D eigenvalue weighted by molar-refractivity contribution is 0.306. The lowest BCUT2D eigenvalue weighted by atomic mass is 10.2. The Hall–Kier alpha value is -2.49. The van der Waals surface area contributed by atoms with Gasteiger partial charge in [0.15, 0.2) is 0 Å². The second-order valence-corrected chi connectivity index (χ2v) is 6.45. The molecule has 1 N–H and O–H groups in total. The van der Waals surface area contributed by atoms with Gasteiger partial charge in [-0.3, -0.25) is 0 Å². The van der Waals surface area contributed by atoms with Gasteiger partial charge >= 0.3 is 0 Å². The first-order valence-corrected chi connectivity index (χ1v) is 8.93. The predicted molar refractivity (Wildman–Crippen MR) is 108 cm³/mol. The van der Waals surface area contributed by atoms with Gasteiger partial charge in [0.2, 0.25) is 0 Å². The summed E-state index contributed by atoms with van der Waals surface area (Å²) in [5, 5.41) is 5.46. The van der Waals surface area contributed by atoms with Gasteiger partial charge in [0.05, 0.1) is 12.8 Å². The molecule has 0 amide bonds. The van der Waals surface area contributed by atoms with Crippen LogP contribution in [0.25, 0.3) is 0 Å². The monoisotopic (exact) mass is 384 g/mol. The molecule has 0 bridgehead atoms. The standard InChI is InChI=1S/C21H18Cl2N2O/c22-20-7-4-8-21(23)19(20)14-25-24-13-16-9-11-18(12-10-16)26-15-17-5-2-1-3-6-17/h1-13,25H,14-15H2/b24-13+. The number of ether oxygens (including phenoxy) is 1. The zero-order chi connectivity index (χ0) is 18.2. The number of hydrazone groups is 1. The summed E-state index contributed by atoms with van der Waals surface area (Å²) in [5.74, 6) is 0.821. The second-order valence-electron chi connectivity index (χ2n) is 5.64. The molecule has 0 heterocycles. The van der Waals surface area contributed by atoms with E-state index in [4.69, 9.17) is 27.9 Å². The minimum absolute atomic E-state index is 0.466. The van der Waals surface area contributed by atoms with Crippen LogP contribution in [0.15, 0.2) is 77.9 Å². The molecule has 0 spiro atoms. The Balaban J connectivity index is 1.50. The Labute approximate surface area is 163 Å². The average Bonchev–Trinajstić information content (AvgIpc) is 2.67. The fourth-order valence-corrected chi connectivity index (χ4v) is 2.87. The molecule has 0 saturated heterocycles. The van der Waals surface area contributed by atoms with Gasteiger partial charge in [0.25, 0.3) is 0 Å². The number of hydrogen-bond donors (Lipinski definition) is 1. The van der Waals surface area contributed by atoms with Crippen LogP contribution in [0.5, 0.6) is 5.75 Å².